The predicted molar refractivity (Wildman–Crippen MR) is 56.9 cm³/mol. The standard InChI is InChI=1S/C10H13NO4S/c12-16(13,14)9-5-6-10(11-7-9)15-8-3-1-2-4-8/h5-8H,1-4H2,(H,12,13,14). The molecule has 0 unspecified atom stereocenters. The Bertz CT molecular complexity index is 448. The summed E-state index contributed by atoms with van der Waals surface area (Å²) in [5.41, 5.74) is 0. The van der Waals surface area contributed by atoms with E-state index in [0.29, 0.717) is 5.88 Å². The highest BCUT2D eigenvalue weighted by Gasteiger charge is 2.17. The fourth-order valence-electron chi connectivity index (χ4n) is 1.77. The summed E-state index contributed by atoms with van der Waals surface area (Å²) in [5.74, 6) is 0.402. The van der Waals surface area contributed by atoms with E-state index in [0.717, 1.165) is 31.9 Å². The summed E-state index contributed by atoms with van der Waals surface area (Å²) in [6.45, 7) is 0. The maximum atomic E-state index is 10.8. The molecule has 0 aromatic carbocycles. The van der Waals surface area contributed by atoms with Gasteiger partial charge in [0.2, 0.25) is 5.88 Å². The first-order valence-electron chi connectivity index (χ1n) is 5.16. The summed E-state index contributed by atoms with van der Waals surface area (Å²) < 4.78 is 35.8. The Morgan fingerprint density at radius 1 is 1.31 bits per heavy atom. The van der Waals surface area contributed by atoms with E-state index in [2.05, 4.69) is 4.98 Å². The van der Waals surface area contributed by atoms with Crippen LogP contribution in [0.3, 0.4) is 0 Å². The molecule has 0 saturated heterocycles. The van der Waals surface area contributed by atoms with Gasteiger partial charge in [-0.15, -0.1) is 0 Å². The minimum atomic E-state index is -4.16. The van der Waals surface area contributed by atoms with E-state index in [9.17, 15) is 8.42 Å². The normalized spacial score (nSPS) is 17.6. The Morgan fingerprint density at radius 3 is 2.50 bits per heavy atom. The van der Waals surface area contributed by atoms with E-state index < -0.39 is 10.1 Å². The van der Waals surface area contributed by atoms with E-state index in [1.54, 1.807) is 0 Å². The molecule has 0 amide bonds. The van der Waals surface area contributed by atoms with Crippen LogP contribution in [0.4, 0.5) is 0 Å². The summed E-state index contributed by atoms with van der Waals surface area (Å²) in [7, 11) is -4.16. The average Bonchev–Trinajstić information content (AvgIpc) is 2.70. The highest BCUT2D eigenvalue weighted by Crippen LogP contribution is 2.23. The fraction of sp³-hybridized carbons (Fsp3) is 0.500. The summed E-state index contributed by atoms with van der Waals surface area (Å²) in [6.07, 6.45) is 5.63. The van der Waals surface area contributed by atoms with Gasteiger partial charge in [0.25, 0.3) is 10.1 Å². The lowest BCUT2D eigenvalue weighted by Gasteiger charge is -2.11. The Kier molecular flexibility index (Phi) is 3.11. The van der Waals surface area contributed by atoms with E-state index in [-0.39, 0.29) is 11.0 Å². The minimum absolute atomic E-state index is 0.184. The number of ether oxygens (including phenoxy) is 1. The molecule has 0 radical (unpaired) electrons. The van der Waals surface area contributed by atoms with Crippen LogP contribution in [0.1, 0.15) is 25.7 Å². The maximum Gasteiger partial charge on any atom is 0.296 e. The van der Waals surface area contributed by atoms with E-state index in [1.165, 1.54) is 12.1 Å². The van der Waals surface area contributed by atoms with Crippen molar-refractivity contribution >= 4 is 10.1 Å². The molecule has 1 aliphatic carbocycles. The number of pyridine rings is 1. The number of hydrogen-bond donors (Lipinski definition) is 1. The van der Waals surface area contributed by atoms with Crippen molar-refractivity contribution in [3.05, 3.63) is 18.3 Å². The van der Waals surface area contributed by atoms with Crippen LogP contribution in [0.2, 0.25) is 0 Å². The van der Waals surface area contributed by atoms with Crippen molar-refractivity contribution in [2.24, 2.45) is 0 Å². The Morgan fingerprint density at radius 2 is 2.00 bits per heavy atom. The molecule has 88 valence electrons. The average molecular weight is 243 g/mol. The number of aromatic nitrogens is 1. The number of rotatable bonds is 3. The van der Waals surface area contributed by atoms with Gasteiger partial charge in [0.05, 0.1) is 6.20 Å². The van der Waals surface area contributed by atoms with Crippen LogP contribution in [-0.4, -0.2) is 24.1 Å². The van der Waals surface area contributed by atoms with Crippen molar-refractivity contribution in [1.29, 1.82) is 0 Å². The van der Waals surface area contributed by atoms with Gasteiger partial charge < -0.3 is 4.74 Å². The summed E-state index contributed by atoms with van der Waals surface area (Å²) >= 11 is 0. The molecule has 1 N–H and O–H groups in total. The zero-order valence-corrected chi connectivity index (χ0v) is 9.48. The first kappa shape index (κ1) is 11.3. The van der Waals surface area contributed by atoms with Crippen LogP contribution in [0.5, 0.6) is 5.88 Å². The second kappa shape index (κ2) is 4.39. The molecule has 6 heteroatoms. The van der Waals surface area contributed by atoms with Crippen LogP contribution in [0.25, 0.3) is 0 Å². The molecule has 1 saturated carbocycles. The molecule has 0 bridgehead atoms. The SMILES string of the molecule is O=S(=O)(O)c1ccc(OC2CCCC2)nc1. The second-order valence-electron chi connectivity index (χ2n) is 3.83. The lowest BCUT2D eigenvalue weighted by molar-refractivity contribution is 0.201. The molecule has 2 rings (SSSR count). The van der Waals surface area contributed by atoms with Gasteiger partial charge in [-0.1, -0.05) is 0 Å². The molecule has 16 heavy (non-hydrogen) atoms. The first-order chi connectivity index (χ1) is 7.55. The Labute approximate surface area is 94.2 Å². The van der Waals surface area contributed by atoms with Gasteiger partial charge in [0, 0.05) is 6.07 Å². The monoisotopic (exact) mass is 243 g/mol. The van der Waals surface area contributed by atoms with Crippen LogP contribution in [-0.2, 0) is 10.1 Å². The van der Waals surface area contributed by atoms with Crippen molar-refractivity contribution < 1.29 is 17.7 Å². The Hall–Kier alpha value is -1.14. The highest BCUT2D eigenvalue weighted by molar-refractivity contribution is 7.85. The largest absolute Gasteiger partial charge is 0.474 e. The molecule has 0 spiro atoms. The minimum Gasteiger partial charge on any atom is -0.474 e. The predicted octanol–water partition coefficient (Wildman–Crippen LogP) is 1.65. The molecule has 1 heterocycles. The number of hydrogen-bond acceptors (Lipinski definition) is 4. The van der Waals surface area contributed by atoms with Crippen LogP contribution >= 0.6 is 0 Å². The van der Waals surface area contributed by atoms with Gasteiger partial charge in [-0.05, 0) is 31.7 Å². The first-order valence-corrected chi connectivity index (χ1v) is 6.60. The van der Waals surface area contributed by atoms with Crippen LogP contribution in [0, 0.1) is 0 Å². The van der Waals surface area contributed by atoms with E-state index in [4.69, 9.17) is 9.29 Å². The van der Waals surface area contributed by atoms with E-state index in [1.807, 2.05) is 0 Å². The maximum absolute atomic E-state index is 10.8. The Balaban J connectivity index is 2.07. The fourth-order valence-corrected chi connectivity index (χ4v) is 2.19. The lowest BCUT2D eigenvalue weighted by atomic mass is 10.3. The van der Waals surface area contributed by atoms with Gasteiger partial charge >= 0.3 is 0 Å². The molecule has 5 nitrogen and oxygen atoms in total. The topological polar surface area (TPSA) is 76.5 Å². The summed E-state index contributed by atoms with van der Waals surface area (Å²) in [6, 6.07) is 2.74. The van der Waals surface area contributed by atoms with Crippen molar-refractivity contribution in [2.75, 3.05) is 0 Å². The van der Waals surface area contributed by atoms with Gasteiger partial charge in [0.1, 0.15) is 11.0 Å². The third-order valence-electron chi connectivity index (χ3n) is 2.60. The molecule has 0 atom stereocenters. The van der Waals surface area contributed by atoms with Gasteiger partial charge in [0.15, 0.2) is 0 Å². The van der Waals surface area contributed by atoms with Gasteiger partial charge in [-0.2, -0.15) is 8.42 Å². The van der Waals surface area contributed by atoms with Crippen molar-refractivity contribution in [3.63, 3.8) is 0 Å². The van der Waals surface area contributed by atoms with Crippen LogP contribution < -0.4 is 4.74 Å². The van der Waals surface area contributed by atoms with Crippen molar-refractivity contribution in [3.8, 4) is 5.88 Å². The molecule has 1 aromatic heterocycles. The van der Waals surface area contributed by atoms with Gasteiger partial charge in [-0.3, -0.25) is 4.55 Å². The zero-order valence-electron chi connectivity index (χ0n) is 8.67. The quantitative estimate of drug-likeness (QED) is 0.817. The highest BCUT2D eigenvalue weighted by atomic mass is 32.2. The van der Waals surface area contributed by atoms with E-state index >= 15 is 0 Å². The molecule has 1 fully saturated rings. The number of nitrogens with zero attached hydrogens (tertiary/aromatic N) is 1. The van der Waals surface area contributed by atoms with Crippen molar-refractivity contribution in [2.45, 2.75) is 36.7 Å². The summed E-state index contributed by atoms with van der Waals surface area (Å²) in [5, 5.41) is 0. The molecule has 1 aromatic rings. The van der Waals surface area contributed by atoms with Crippen LogP contribution in [0.15, 0.2) is 23.2 Å². The molecule has 0 aliphatic heterocycles. The third kappa shape index (κ3) is 2.70. The smallest absolute Gasteiger partial charge is 0.296 e. The lowest BCUT2D eigenvalue weighted by Crippen LogP contribution is -2.12. The zero-order chi connectivity index (χ0) is 11.6. The van der Waals surface area contributed by atoms with Crippen molar-refractivity contribution in [1.82, 2.24) is 4.98 Å². The second-order valence-corrected chi connectivity index (χ2v) is 5.25. The summed E-state index contributed by atoms with van der Waals surface area (Å²) in [4.78, 5) is 3.63. The molecular weight excluding hydrogens is 230 g/mol. The van der Waals surface area contributed by atoms with Gasteiger partial charge in [-0.25, -0.2) is 4.98 Å². The molecule has 1 aliphatic rings. The third-order valence-corrected chi connectivity index (χ3v) is 3.43. The molecular formula is C10H13NO4S.